The number of fused-ring (bicyclic) bond motifs is 1. The van der Waals surface area contributed by atoms with Gasteiger partial charge in [0, 0.05) is 6.54 Å². The fourth-order valence-electron chi connectivity index (χ4n) is 3.73. The zero-order valence-corrected chi connectivity index (χ0v) is 14.7. The molecule has 1 fully saturated rings. The van der Waals surface area contributed by atoms with Gasteiger partial charge in [0.25, 0.3) is 5.56 Å². The van der Waals surface area contributed by atoms with Crippen LogP contribution in [0.1, 0.15) is 38.2 Å². The van der Waals surface area contributed by atoms with Crippen LogP contribution in [-0.4, -0.2) is 22.1 Å². The number of nitrogens with zero attached hydrogens (tertiary/aromatic N) is 1. The summed E-state index contributed by atoms with van der Waals surface area (Å²) in [6, 6.07) is 5.45. The number of aryl methyl sites for hydroxylation is 1. The van der Waals surface area contributed by atoms with Crippen molar-refractivity contribution in [3.63, 3.8) is 0 Å². The molecule has 1 heterocycles. The molecule has 134 valence electrons. The predicted molar refractivity (Wildman–Crippen MR) is 95.6 cm³/mol. The van der Waals surface area contributed by atoms with E-state index < -0.39 is 0 Å². The Morgan fingerprint density at radius 3 is 2.64 bits per heavy atom. The molecule has 6 heteroatoms. The minimum atomic E-state index is -0.365. The molecule has 1 aliphatic carbocycles. The van der Waals surface area contributed by atoms with Crippen molar-refractivity contribution in [2.24, 2.45) is 11.8 Å². The largest absolute Gasteiger partial charge is 0.466 e. The average Bonchev–Trinajstić information content (AvgIpc) is 2.59. The maximum Gasteiger partial charge on any atom is 0.328 e. The van der Waals surface area contributed by atoms with Crippen LogP contribution in [0.2, 0.25) is 0 Å². The number of hydrogen-bond acceptors (Lipinski definition) is 4. The third-order valence-corrected chi connectivity index (χ3v) is 5.13. The maximum atomic E-state index is 12.8. The molecule has 25 heavy (non-hydrogen) atoms. The van der Waals surface area contributed by atoms with Crippen molar-refractivity contribution < 1.29 is 9.53 Å². The lowest BCUT2D eigenvalue weighted by molar-refractivity contribution is -0.149. The Hall–Kier alpha value is -2.37. The van der Waals surface area contributed by atoms with Gasteiger partial charge in [-0.25, -0.2) is 4.79 Å². The first-order valence-corrected chi connectivity index (χ1v) is 8.90. The van der Waals surface area contributed by atoms with E-state index in [0.29, 0.717) is 24.1 Å². The smallest absolute Gasteiger partial charge is 0.328 e. The van der Waals surface area contributed by atoms with Crippen molar-refractivity contribution in [1.82, 2.24) is 9.55 Å². The second kappa shape index (κ2) is 7.25. The molecule has 0 atom stereocenters. The molecule has 1 aromatic heterocycles. The quantitative estimate of drug-likeness (QED) is 0.864. The topological polar surface area (TPSA) is 81.2 Å². The van der Waals surface area contributed by atoms with Crippen LogP contribution in [0.15, 0.2) is 27.8 Å². The summed E-state index contributed by atoms with van der Waals surface area (Å²) in [5, 5.41) is 0.572. The van der Waals surface area contributed by atoms with E-state index in [-0.39, 0.29) is 29.1 Å². The lowest BCUT2D eigenvalue weighted by Gasteiger charge is -2.27. The lowest BCUT2D eigenvalue weighted by Crippen LogP contribution is -2.38. The molecular formula is C19H24N2O4. The summed E-state index contributed by atoms with van der Waals surface area (Å²) in [6.45, 7) is 4.48. The van der Waals surface area contributed by atoms with Crippen molar-refractivity contribution in [2.75, 3.05) is 6.61 Å². The number of aromatic amines is 1. The molecule has 0 unspecified atom stereocenters. The van der Waals surface area contributed by atoms with Crippen molar-refractivity contribution in [3.05, 3.63) is 44.6 Å². The minimum Gasteiger partial charge on any atom is -0.466 e. The highest BCUT2D eigenvalue weighted by molar-refractivity contribution is 5.80. The van der Waals surface area contributed by atoms with E-state index in [1.807, 2.05) is 26.0 Å². The number of carbonyl (C=O) groups is 1. The van der Waals surface area contributed by atoms with Gasteiger partial charge in [0.1, 0.15) is 0 Å². The second-order valence-corrected chi connectivity index (χ2v) is 6.81. The highest BCUT2D eigenvalue weighted by Crippen LogP contribution is 2.30. The first kappa shape index (κ1) is 17.5. The van der Waals surface area contributed by atoms with Gasteiger partial charge < -0.3 is 9.72 Å². The SMILES string of the molecule is CCOC(=O)C1CCC(Cn2c(=O)[nH]c3cccc(C)c3c2=O)CC1. The molecule has 3 rings (SSSR count). The molecule has 1 saturated carbocycles. The van der Waals surface area contributed by atoms with Gasteiger partial charge in [0.2, 0.25) is 0 Å². The Morgan fingerprint density at radius 2 is 1.96 bits per heavy atom. The Balaban J connectivity index is 1.79. The van der Waals surface area contributed by atoms with Gasteiger partial charge >= 0.3 is 11.7 Å². The summed E-state index contributed by atoms with van der Waals surface area (Å²) >= 11 is 0. The fourth-order valence-corrected chi connectivity index (χ4v) is 3.73. The van der Waals surface area contributed by atoms with Gasteiger partial charge in [0.05, 0.1) is 23.4 Å². The Morgan fingerprint density at radius 1 is 1.24 bits per heavy atom. The summed E-state index contributed by atoms with van der Waals surface area (Å²) in [4.78, 5) is 39.7. The van der Waals surface area contributed by atoms with E-state index >= 15 is 0 Å². The molecule has 6 nitrogen and oxygen atoms in total. The number of rotatable bonds is 4. The molecule has 0 aliphatic heterocycles. The van der Waals surface area contributed by atoms with Crippen LogP contribution in [0, 0.1) is 18.8 Å². The van der Waals surface area contributed by atoms with Crippen LogP contribution in [0.3, 0.4) is 0 Å². The molecule has 1 N–H and O–H groups in total. The molecular weight excluding hydrogens is 320 g/mol. The van der Waals surface area contributed by atoms with Gasteiger partial charge in [-0.2, -0.15) is 0 Å². The maximum absolute atomic E-state index is 12.8. The number of H-pyrrole nitrogens is 1. The van der Waals surface area contributed by atoms with Gasteiger partial charge in [-0.05, 0) is 57.1 Å². The first-order valence-electron chi connectivity index (χ1n) is 8.90. The monoisotopic (exact) mass is 344 g/mol. The normalized spacial score (nSPS) is 20.6. The van der Waals surface area contributed by atoms with Crippen molar-refractivity contribution in [2.45, 2.75) is 46.1 Å². The zero-order chi connectivity index (χ0) is 18.0. The van der Waals surface area contributed by atoms with Gasteiger partial charge in [0.15, 0.2) is 0 Å². The van der Waals surface area contributed by atoms with Crippen molar-refractivity contribution in [1.29, 1.82) is 0 Å². The van der Waals surface area contributed by atoms with Gasteiger partial charge in [-0.15, -0.1) is 0 Å². The Bertz CT molecular complexity index is 888. The second-order valence-electron chi connectivity index (χ2n) is 6.81. The number of ether oxygens (including phenoxy) is 1. The van der Waals surface area contributed by atoms with Gasteiger partial charge in [-0.3, -0.25) is 14.2 Å². The lowest BCUT2D eigenvalue weighted by atomic mass is 9.82. The van der Waals surface area contributed by atoms with Crippen molar-refractivity contribution in [3.8, 4) is 0 Å². The molecule has 0 amide bonds. The van der Waals surface area contributed by atoms with Crippen LogP contribution in [0.4, 0.5) is 0 Å². The van der Waals surface area contributed by atoms with E-state index in [1.54, 1.807) is 6.07 Å². The molecule has 0 radical (unpaired) electrons. The van der Waals surface area contributed by atoms with Crippen molar-refractivity contribution >= 4 is 16.9 Å². The number of hydrogen-bond donors (Lipinski definition) is 1. The fraction of sp³-hybridized carbons (Fsp3) is 0.526. The van der Waals surface area contributed by atoms with Gasteiger partial charge in [-0.1, -0.05) is 12.1 Å². The van der Waals surface area contributed by atoms with E-state index in [2.05, 4.69) is 4.98 Å². The third kappa shape index (κ3) is 3.52. The number of esters is 1. The van der Waals surface area contributed by atoms with Crippen LogP contribution in [0.5, 0.6) is 0 Å². The Labute approximate surface area is 145 Å². The Kier molecular flexibility index (Phi) is 5.06. The zero-order valence-electron chi connectivity index (χ0n) is 14.7. The van der Waals surface area contributed by atoms with E-state index in [4.69, 9.17) is 4.74 Å². The molecule has 0 saturated heterocycles. The summed E-state index contributed by atoms with van der Waals surface area (Å²) < 4.78 is 6.40. The average molecular weight is 344 g/mol. The summed E-state index contributed by atoms with van der Waals surface area (Å²) in [6.07, 6.45) is 3.15. The van der Waals surface area contributed by atoms with Crippen LogP contribution >= 0.6 is 0 Å². The molecule has 2 aromatic rings. The number of carbonyl (C=O) groups excluding carboxylic acids is 1. The van der Waals surface area contributed by atoms with Crippen LogP contribution in [-0.2, 0) is 16.1 Å². The summed E-state index contributed by atoms with van der Waals surface area (Å²) in [5.74, 6) is 0.0493. The van der Waals surface area contributed by atoms with Crippen LogP contribution in [0.25, 0.3) is 10.9 Å². The number of nitrogens with one attached hydrogen (secondary N) is 1. The minimum absolute atomic E-state index is 0.0509. The molecule has 0 spiro atoms. The number of benzene rings is 1. The third-order valence-electron chi connectivity index (χ3n) is 5.13. The highest BCUT2D eigenvalue weighted by atomic mass is 16.5. The predicted octanol–water partition coefficient (Wildman–Crippen LogP) is 2.37. The first-order chi connectivity index (χ1) is 12.0. The van der Waals surface area contributed by atoms with E-state index in [0.717, 1.165) is 31.2 Å². The number of aromatic nitrogens is 2. The van der Waals surface area contributed by atoms with Crippen LogP contribution < -0.4 is 11.2 Å². The molecule has 1 aliphatic rings. The van der Waals surface area contributed by atoms with E-state index in [1.165, 1.54) is 4.57 Å². The summed E-state index contributed by atoms with van der Waals surface area (Å²) in [7, 11) is 0. The summed E-state index contributed by atoms with van der Waals surface area (Å²) in [5.41, 5.74) is 0.843. The molecule has 1 aromatic carbocycles. The highest BCUT2D eigenvalue weighted by Gasteiger charge is 2.28. The van der Waals surface area contributed by atoms with E-state index in [9.17, 15) is 14.4 Å². The molecule has 0 bridgehead atoms. The standard InChI is InChI=1S/C19H24N2O4/c1-3-25-18(23)14-9-7-13(8-10-14)11-21-17(22)16-12(2)5-4-6-15(16)20-19(21)24/h4-6,13-14H,3,7-11H2,1-2H3,(H,20,24).